The lowest BCUT2D eigenvalue weighted by Crippen LogP contribution is -2.19. The lowest BCUT2D eigenvalue weighted by atomic mass is 9.92. The Kier molecular flexibility index (Phi) is 5.64. The highest BCUT2D eigenvalue weighted by atomic mass is 16.5. The fraction of sp³-hybridized carbons (Fsp3) is 0.435. The fourth-order valence-corrected chi connectivity index (χ4v) is 3.07. The van der Waals surface area contributed by atoms with Crippen LogP contribution in [0.25, 0.3) is 0 Å². The van der Waals surface area contributed by atoms with E-state index >= 15 is 0 Å². The number of carbonyl (C=O) groups is 2. The molecule has 2 amide bonds. The molecule has 0 aliphatic heterocycles. The van der Waals surface area contributed by atoms with Crippen LogP contribution in [-0.4, -0.2) is 16.8 Å². The maximum Gasteiger partial charge on any atom is 0.228 e. The maximum atomic E-state index is 12.2. The average molecular weight is 396 g/mol. The van der Waals surface area contributed by atoms with Crippen LogP contribution < -0.4 is 15.4 Å². The number of hydrogen-bond donors (Lipinski definition) is 2. The Morgan fingerprint density at radius 1 is 1.07 bits per heavy atom. The van der Waals surface area contributed by atoms with Crippen molar-refractivity contribution >= 4 is 23.2 Å². The van der Waals surface area contributed by atoms with Crippen LogP contribution in [0.15, 0.2) is 42.6 Å². The fourth-order valence-electron chi connectivity index (χ4n) is 3.07. The number of benzene rings is 1. The molecule has 1 heterocycles. The summed E-state index contributed by atoms with van der Waals surface area (Å²) in [4.78, 5) is 28.4. The van der Waals surface area contributed by atoms with Crippen LogP contribution in [-0.2, 0) is 9.59 Å². The molecule has 1 aromatic heterocycles. The van der Waals surface area contributed by atoms with Gasteiger partial charge in [-0.05, 0) is 47.6 Å². The number of hydrogen-bond acceptors (Lipinski definition) is 4. The molecular weight excluding hydrogens is 366 g/mol. The zero-order valence-electron chi connectivity index (χ0n) is 17.7. The van der Waals surface area contributed by atoms with Crippen molar-refractivity contribution in [1.29, 1.82) is 0 Å². The van der Waals surface area contributed by atoms with Gasteiger partial charge in [0, 0.05) is 24.1 Å². The molecule has 154 valence electrons. The molecule has 0 radical (unpaired) electrons. The van der Waals surface area contributed by atoms with E-state index in [0.29, 0.717) is 23.7 Å². The highest BCUT2D eigenvalue weighted by Gasteiger charge is 2.50. The molecule has 1 fully saturated rings. The topological polar surface area (TPSA) is 80.3 Å². The van der Waals surface area contributed by atoms with Gasteiger partial charge in [-0.25, -0.2) is 4.98 Å². The van der Waals surface area contributed by atoms with E-state index in [2.05, 4.69) is 29.5 Å². The number of nitrogens with one attached hydrogen (secondary N) is 2. The van der Waals surface area contributed by atoms with E-state index in [0.717, 1.165) is 12.1 Å². The third kappa shape index (κ3) is 6.04. The summed E-state index contributed by atoms with van der Waals surface area (Å²) >= 11 is 0. The first-order chi connectivity index (χ1) is 13.5. The molecule has 1 aliphatic carbocycles. The SMILES string of the molecule is CC(C)(C)CC(=O)Nc1ccc(Oc2ccc(NC(=O)C3CC3(C)C)cc2)nc1. The Balaban J connectivity index is 1.52. The summed E-state index contributed by atoms with van der Waals surface area (Å²) in [7, 11) is 0. The van der Waals surface area contributed by atoms with Crippen molar-refractivity contribution in [3.8, 4) is 11.6 Å². The van der Waals surface area contributed by atoms with Crippen LogP contribution in [0.5, 0.6) is 11.6 Å². The van der Waals surface area contributed by atoms with Gasteiger partial charge in [0.05, 0.1) is 11.9 Å². The van der Waals surface area contributed by atoms with E-state index in [1.807, 2.05) is 32.9 Å². The zero-order valence-corrected chi connectivity index (χ0v) is 17.7. The van der Waals surface area contributed by atoms with Gasteiger partial charge in [-0.1, -0.05) is 34.6 Å². The predicted molar refractivity (Wildman–Crippen MR) is 114 cm³/mol. The largest absolute Gasteiger partial charge is 0.439 e. The second-order valence-electron chi connectivity index (χ2n) is 9.53. The van der Waals surface area contributed by atoms with Gasteiger partial charge in [0.1, 0.15) is 5.75 Å². The van der Waals surface area contributed by atoms with E-state index < -0.39 is 0 Å². The highest BCUT2D eigenvalue weighted by molar-refractivity contribution is 5.95. The second-order valence-corrected chi connectivity index (χ2v) is 9.53. The first-order valence-corrected chi connectivity index (χ1v) is 9.87. The first-order valence-electron chi connectivity index (χ1n) is 9.87. The number of nitrogens with zero attached hydrogens (tertiary/aromatic N) is 1. The standard InChI is InChI=1S/C23H29N3O3/c1-22(2,3)13-19(27)25-16-8-11-20(24-14-16)29-17-9-6-15(7-10-17)26-21(28)18-12-23(18,4)5/h6-11,14,18H,12-13H2,1-5H3,(H,25,27)(H,26,28). The van der Waals surface area contributed by atoms with Crippen LogP contribution >= 0.6 is 0 Å². The Morgan fingerprint density at radius 2 is 1.69 bits per heavy atom. The molecule has 0 bridgehead atoms. The third-order valence-electron chi connectivity index (χ3n) is 4.89. The number of anilines is 2. The first kappa shape index (κ1) is 20.8. The van der Waals surface area contributed by atoms with Crippen molar-refractivity contribution < 1.29 is 14.3 Å². The minimum absolute atomic E-state index is 0.0415. The minimum atomic E-state index is -0.0684. The van der Waals surface area contributed by atoms with Crippen molar-refractivity contribution in [2.24, 2.45) is 16.7 Å². The minimum Gasteiger partial charge on any atom is -0.439 e. The van der Waals surface area contributed by atoms with Gasteiger partial charge in [-0.15, -0.1) is 0 Å². The molecule has 29 heavy (non-hydrogen) atoms. The number of amides is 2. The predicted octanol–water partition coefficient (Wildman–Crippen LogP) is 5.23. The molecule has 3 rings (SSSR count). The van der Waals surface area contributed by atoms with Crippen LogP contribution in [0.1, 0.15) is 47.5 Å². The van der Waals surface area contributed by atoms with Gasteiger partial charge in [0.2, 0.25) is 17.7 Å². The lowest BCUT2D eigenvalue weighted by Gasteiger charge is -2.17. The van der Waals surface area contributed by atoms with Gasteiger partial charge < -0.3 is 15.4 Å². The third-order valence-corrected chi connectivity index (χ3v) is 4.89. The number of carbonyl (C=O) groups excluding carboxylic acids is 2. The smallest absolute Gasteiger partial charge is 0.228 e. The van der Waals surface area contributed by atoms with Crippen LogP contribution in [0.2, 0.25) is 0 Å². The Labute approximate surface area is 172 Å². The molecule has 1 saturated carbocycles. The summed E-state index contributed by atoms with van der Waals surface area (Å²) in [6, 6.07) is 10.7. The molecule has 6 heteroatoms. The summed E-state index contributed by atoms with van der Waals surface area (Å²) in [5, 5.41) is 5.78. The molecule has 0 spiro atoms. The summed E-state index contributed by atoms with van der Waals surface area (Å²) in [5.41, 5.74) is 1.42. The van der Waals surface area contributed by atoms with Crippen LogP contribution in [0.4, 0.5) is 11.4 Å². The zero-order chi connectivity index (χ0) is 21.2. The van der Waals surface area contributed by atoms with E-state index in [1.165, 1.54) is 0 Å². The van der Waals surface area contributed by atoms with Gasteiger partial charge in [-0.3, -0.25) is 9.59 Å². The molecule has 0 saturated heterocycles. The Morgan fingerprint density at radius 3 is 2.21 bits per heavy atom. The molecular formula is C23H29N3O3. The van der Waals surface area contributed by atoms with Gasteiger partial charge >= 0.3 is 0 Å². The van der Waals surface area contributed by atoms with Crippen molar-refractivity contribution in [3.63, 3.8) is 0 Å². The molecule has 2 N–H and O–H groups in total. The number of ether oxygens (including phenoxy) is 1. The highest BCUT2D eigenvalue weighted by Crippen LogP contribution is 2.52. The van der Waals surface area contributed by atoms with Gasteiger partial charge in [-0.2, -0.15) is 0 Å². The Bertz CT molecular complexity index is 881. The number of rotatable bonds is 6. The molecule has 2 aromatic rings. The summed E-state index contributed by atoms with van der Waals surface area (Å²) in [6.07, 6.45) is 2.94. The number of pyridine rings is 1. The van der Waals surface area contributed by atoms with Crippen molar-refractivity contribution in [2.75, 3.05) is 10.6 Å². The normalized spacial score (nSPS) is 17.3. The molecule has 1 aromatic carbocycles. The summed E-state index contributed by atoms with van der Waals surface area (Å²) < 4.78 is 5.74. The quantitative estimate of drug-likeness (QED) is 0.701. The molecule has 6 nitrogen and oxygen atoms in total. The van der Waals surface area contributed by atoms with Crippen molar-refractivity contribution in [2.45, 2.75) is 47.5 Å². The molecule has 1 atom stereocenters. The van der Waals surface area contributed by atoms with E-state index in [1.54, 1.807) is 30.5 Å². The molecule has 1 aliphatic rings. The van der Waals surface area contributed by atoms with E-state index in [9.17, 15) is 9.59 Å². The second kappa shape index (κ2) is 7.85. The van der Waals surface area contributed by atoms with E-state index in [4.69, 9.17) is 4.74 Å². The van der Waals surface area contributed by atoms with Crippen molar-refractivity contribution in [3.05, 3.63) is 42.6 Å². The van der Waals surface area contributed by atoms with Crippen LogP contribution in [0, 0.1) is 16.7 Å². The summed E-state index contributed by atoms with van der Waals surface area (Å²) in [5.74, 6) is 1.15. The monoisotopic (exact) mass is 395 g/mol. The Hall–Kier alpha value is -2.89. The number of aromatic nitrogens is 1. The maximum absolute atomic E-state index is 12.2. The van der Waals surface area contributed by atoms with Crippen LogP contribution in [0.3, 0.4) is 0 Å². The lowest BCUT2D eigenvalue weighted by molar-refractivity contribution is -0.118. The van der Waals surface area contributed by atoms with E-state index in [-0.39, 0.29) is 28.6 Å². The summed E-state index contributed by atoms with van der Waals surface area (Å²) in [6.45, 7) is 10.3. The van der Waals surface area contributed by atoms with Gasteiger partial charge in [0.15, 0.2) is 0 Å². The van der Waals surface area contributed by atoms with Crippen molar-refractivity contribution in [1.82, 2.24) is 4.98 Å². The van der Waals surface area contributed by atoms with Gasteiger partial charge in [0.25, 0.3) is 0 Å². The molecule has 1 unspecified atom stereocenters. The average Bonchev–Trinajstić information content (AvgIpc) is 3.25.